The summed E-state index contributed by atoms with van der Waals surface area (Å²) in [7, 11) is 1.23. The number of benzene rings is 1. The van der Waals surface area contributed by atoms with Crippen molar-refractivity contribution in [1.82, 2.24) is 5.32 Å². The minimum atomic E-state index is -0.924. The zero-order chi connectivity index (χ0) is 19.9. The first kappa shape index (κ1) is 21.1. The molecule has 1 aromatic carbocycles. The molecule has 0 radical (unpaired) electrons. The molecular formula is C18H24N2O6. The lowest BCUT2D eigenvalue weighted by atomic mass is 10.1. The predicted octanol–water partition coefficient (Wildman–Crippen LogP) is 1.82. The molecule has 0 aliphatic heterocycles. The molecule has 0 spiro atoms. The lowest BCUT2D eigenvalue weighted by Crippen LogP contribution is -2.45. The van der Waals surface area contributed by atoms with Gasteiger partial charge in [-0.15, -0.1) is 0 Å². The Balaban J connectivity index is 2.79. The first-order valence-electron chi connectivity index (χ1n) is 8.00. The topological polar surface area (TPSA) is 111 Å². The highest BCUT2D eigenvalue weighted by molar-refractivity contribution is 6.39. The van der Waals surface area contributed by atoms with Crippen LogP contribution in [0, 0.1) is 0 Å². The van der Waals surface area contributed by atoms with Crippen molar-refractivity contribution in [3.05, 3.63) is 29.8 Å². The van der Waals surface area contributed by atoms with Crippen LogP contribution in [-0.4, -0.2) is 42.5 Å². The van der Waals surface area contributed by atoms with Crippen molar-refractivity contribution < 1.29 is 28.7 Å². The van der Waals surface area contributed by atoms with E-state index in [2.05, 4.69) is 10.6 Å². The summed E-state index contributed by atoms with van der Waals surface area (Å²) in [6.45, 7) is 6.32. The smallest absolute Gasteiger partial charge is 0.408 e. The number of alkyl carbamates (subject to hydrolysis) is 1. The van der Waals surface area contributed by atoms with Crippen LogP contribution >= 0.6 is 0 Å². The molecule has 0 bridgehead atoms. The second kappa shape index (κ2) is 8.98. The predicted molar refractivity (Wildman–Crippen MR) is 94.6 cm³/mol. The average Bonchev–Trinajstić information content (AvgIpc) is 2.53. The molecule has 0 aliphatic carbocycles. The van der Waals surface area contributed by atoms with E-state index < -0.39 is 35.4 Å². The number of hydrogen-bond acceptors (Lipinski definition) is 6. The van der Waals surface area contributed by atoms with E-state index in [9.17, 15) is 19.2 Å². The lowest BCUT2D eigenvalue weighted by Gasteiger charge is -2.22. The molecule has 8 heteroatoms. The van der Waals surface area contributed by atoms with E-state index in [4.69, 9.17) is 9.47 Å². The van der Waals surface area contributed by atoms with E-state index >= 15 is 0 Å². The van der Waals surface area contributed by atoms with Crippen LogP contribution in [0.5, 0.6) is 0 Å². The molecule has 26 heavy (non-hydrogen) atoms. The number of hydrogen-bond donors (Lipinski definition) is 2. The number of anilines is 1. The van der Waals surface area contributed by atoms with Gasteiger partial charge >= 0.3 is 12.1 Å². The Kier molecular flexibility index (Phi) is 7.30. The summed E-state index contributed by atoms with van der Waals surface area (Å²) in [5.74, 6) is -1.91. The van der Waals surface area contributed by atoms with Crippen molar-refractivity contribution in [2.45, 2.75) is 45.8 Å². The molecule has 0 saturated carbocycles. The number of amides is 2. The van der Waals surface area contributed by atoms with Crippen molar-refractivity contribution in [2.24, 2.45) is 0 Å². The Labute approximate surface area is 152 Å². The summed E-state index contributed by atoms with van der Waals surface area (Å²) in [5.41, 5.74) is 0.474. The van der Waals surface area contributed by atoms with Crippen molar-refractivity contribution in [1.29, 1.82) is 0 Å². The fourth-order valence-corrected chi connectivity index (χ4v) is 1.96. The quantitative estimate of drug-likeness (QED) is 0.588. The molecule has 0 aromatic heterocycles. The second-order valence-corrected chi connectivity index (χ2v) is 6.63. The minimum absolute atomic E-state index is 0.173. The van der Waals surface area contributed by atoms with Gasteiger partial charge in [0, 0.05) is 19.0 Å². The third-order valence-corrected chi connectivity index (χ3v) is 3.15. The van der Waals surface area contributed by atoms with Crippen LogP contribution in [0.2, 0.25) is 0 Å². The molecule has 0 fully saturated rings. The van der Waals surface area contributed by atoms with E-state index in [0.29, 0.717) is 5.69 Å². The van der Waals surface area contributed by atoms with Gasteiger partial charge in [0.05, 0.1) is 7.11 Å². The Morgan fingerprint density at radius 3 is 2.12 bits per heavy atom. The van der Waals surface area contributed by atoms with E-state index in [-0.39, 0.29) is 6.42 Å². The van der Waals surface area contributed by atoms with E-state index in [0.717, 1.165) is 5.56 Å². The van der Waals surface area contributed by atoms with Crippen molar-refractivity contribution >= 4 is 29.4 Å². The number of carbonyl (C=O) groups excluding carboxylic acids is 4. The van der Waals surface area contributed by atoms with Crippen LogP contribution < -0.4 is 10.6 Å². The Morgan fingerprint density at radius 2 is 1.65 bits per heavy atom. The summed E-state index contributed by atoms with van der Waals surface area (Å²) in [5, 5.41) is 4.93. The van der Waals surface area contributed by atoms with Gasteiger partial charge in [0.2, 0.25) is 5.78 Å². The van der Waals surface area contributed by atoms with E-state index in [1.165, 1.54) is 14.0 Å². The number of rotatable bonds is 6. The van der Waals surface area contributed by atoms with Crippen LogP contribution in [0.3, 0.4) is 0 Å². The Hall–Kier alpha value is -2.90. The SMILES string of the molecule is COC(=O)[C@H](Cc1ccc(NC(=O)C(C)=O)cc1)NC(=O)OC(C)(C)C. The fourth-order valence-electron chi connectivity index (χ4n) is 1.96. The van der Waals surface area contributed by atoms with Gasteiger partial charge in [-0.05, 0) is 38.5 Å². The van der Waals surface area contributed by atoms with Crippen LogP contribution in [0.1, 0.15) is 33.3 Å². The Bertz CT molecular complexity index is 676. The maximum Gasteiger partial charge on any atom is 0.408 e. The van der Waals surface area contributed by atoms with Gasteiger partial charge in [0.25, 0.3) is 5.91 Å². The van der Waals surface area contributed by atoms with Gasteiger partial charge in [-0.2, -0.15) is 0 Å². The molecule has 142 valence electrons. The van der Waals surface area contributed by atoms with Crippen LogP contribution in [0.15, 0.2) is 24.3 Å². The maximum atomic E-state index is 11.9. The zero-order valence-corrected chi connectivity index (χ0v) is 15.5. The molecule has 0 unspecified atom stereocenters. The number of carbonyl (C=O) groups is 4. The molecule has 1 atom stereocenters. The van der Waals surface area contributed by atoms with Gasteiger partial charge < -0.3 is 20.1 Å². The number of nitrogens with one attached hydrogen (secondary N) is 2. The molecule has 2 N–H and O–H groups in total. The number of ether oxygens (including phenoxy) is 2. The first-order valence-corrected chi connectivity index (χ1v) is 8.00. The summed E-state index contributed by atoms with van der Waals surface area (Å²) in [6, 6.07) is 5.61. The minimum Gasteiger partial charge on any atom is -0.467 e. The monoisotopic (exact) mass is 364 g/mol. The van der Waals surface area contributed by atoms with Gasteiger partial charge in [0.1, 0.15) is 11.6 Å². The van der Waals surface area contributed by atoms with Crippen LogP contribution in [0.4, 0.5) is 10.5 Å². The van der Waals surface area contributed by atoms with Crippen molar-refractivity contribution in [2.75, 3.05) is 12.4 Å². The number of methoxy groups -OCH3 is 1. The largest absolute Gasteiger partial charge is 0.467 e. The van der Waals surface area contributed by atoms with Crippen LogP contribution in [-0.2, 0) is 30.3 Å². The first-order chi connectivity index (χ1) is 12.0. The molecule has 0 aliphatic rings. The second-order valence-electron chi connectivity index (χ2n) is 6.63. The highest BCUT2D eigenvalue weighted by Gasteiger charge is 2.25. The average molecular weight is 364 g/mol. The Morgan fingerprint density at radius 1 is 1.08 bits per heavy atom. The summed E-state index contributed by atoms with van der Waals surface area (Å²) < 4.78 is 9.86. The standard InChI is InChI=1S/C18H24N2O6/c1-11(21)15(22)19-13-8-6-12(7-9-13)10-14(16(23)25-5)20-17(24)26-18(2,3)4/h6-9,14H,10H2,1-5H3,(H,19,22)(H,20,24)/t14-/m0/s1. The lowest BCUT2D eigenvalue weighted by molar-refractivity contribution is -0.143. The van der Waals surface area contributed by atoms with Crippen molar-refractivity contribution in [3.63, 3.8) is 0 Å². The van der Waals surface area contributed by atoms with Crippen LogP contribution in [0.25, 0.3) is 0 Å². The third-order valence-electron chi connectivity index (χ3n) is 3.15. The van der Waals surface area contributed by atoms with Gasteiger partial charge in [-0.25, -0.2) is 9.59 Å². The molecule has 0 heterocycles. The third kappa shape index (κ3) is 7.33. The highest BCUT2D eigenvalue weighted by Crippen LogP contribution is 2.13. The summed E-state index contributed by atoms with van der Waals surface area (Å²) in [4.78, 5) is 46.1. The molecule has 2 amide bonds. The number of esters is 1. The van der Waals surface area contributed by atoms with Gasteiger partial charge in [0.15, 0.2) is 0 Å². The van der Waals surface area contributed by atoms with Crippen molar-refractivity contribution in [3.8, 4) is 0 Å². The number of ketones is 1. The molecule has 1 aromatic rings. The molecule has 0 saturated heterocycles. The fraction of sp³-hybridized carbons (Fsp3) is 0.444. The normalized spacial score (nSPS) is 11.9. The zero-order valence-electron chi connectivity index (χ0n) is 15.5. The molecule has 8 nitrogen and oxygen atoms in total. The summed E-state index contributed by atoms with van der Waals surface area (Å²) in [6.07, 6.45) is -0.550. The molecular weight excluding hydrogens is 340 g/mol. The van der Waals surface area contributed by atoms with E-state index in [1.807, 2.05) is 0 Å². The summed E-state index contributed by atoms with van der Waals surface area (Å²) >= 11 is 0. The van der Waals surface area contributed by atoms with Gasteiger partial charge in [-0.3, -0.25) is 9.59 Å². The molecule has 1 rings (SSSR count). The van der Waals surface area contributed by atoms with Gasteiger partial charge in [-0.1, -0.05) is 12.1 Å². The van der Waals surface area contributed by atoms with E-state index in [1.54, 1.807) is 45.0 Å². The maximum absolute atomic E-state index is 11.9. The number of Topliss-reactive ketones (excluding diaryl/α,β-unsaturated/α-hetero) is 1. The highest BCUT2D eigenvalue weighted by atomic mass is 16.6.